The van der Waals surface area contributed by atoms with E-state index >= 15 is 0 Å². The zero-order chi connectivity index (χ0) is 25.3. The summed E-state index contributed by atoms with van der Waals surface area (Å²) in [6.07, 6.45) is 0. The molecule has 1 spiro atoms. The van der Waals surface area contributed by atoms with Gasteiger partial charge in [0.15, 0.2) is 0 Å². The molecule has 0 amide bonds. The molecule has 4 heteroatoms. The van der Waals surface area contributed by atoms with Gasteiger partial charge in [0, 0.05) is 0 Å². The van der Waals surface area contributed by atoms with Crippen LogP contribution in [0.15, 0.2) is 84.9 Å². The van der Waals surface area contributed by atoms with Gasteiger partial charge < -0.3 is 9.76 Å². The van der Waals surface area contributed by atoms with Crippen LogP contribution in [0.4, 0.5) is 0 Å². The lowest BCUT2D eigenvalue weighted by molar-refractivity contribution is -0.0893. The van der Waals surface area contributed by atoms with Crippen LogP contribution in [-0.4, -0.2) is 23.8 Å². The van der Waals surface area contributed by atoms with E-state index in [4.69, 9.17) is 4.65 Å². The van der Waals surface area contributed by atoms with Crippen LogP contribution < -0.4 is 5.46 Å². The molecule has 4 aromatic carbocycles. The van der Waals surface area contributed by atoms with Crippen LogP contribution in [0.1, 0.15) is 55.5 Å². The van der Waals surface area contributed by atoms with Gasteiger partial charge in [-0.15, -0.1) is 0 Å². The molecule has 0 bridgehead atoms. The lowest BCUT2D eigenvalue weighted by atomic mass is 9.69. The van der Waals surface area contributed by atoms with Gasteiger partial charge in [-0.3, -0.25) is 0 Å². The van der Waals surface area contributed by atoms with E-state index in [1.54, 1.807) is 13.8 Å². The van der Waals surface area contributed by atoms with E-state index in [-0.39, 0.29) is 0 Å². The second-order valence-electron chi connectivity index (χ2n) is 11.0. The first-order chi connectivity index (χ1) is 17.2. The maximum absolute atomic E-state index is 10.6. The van der Waals surface area contributed by atoms with E-state index in [2.05, 4.69) is 84.9 Å². The van der Waals surface area contributed by atoms with Crippen LogP contribution in [0.25, 0.3) is 22.3 Å². The highest BCUT2D eigenvalue weighted by Crippen LogP contribution is 2.62. The van der Waals surface area contributed by atoms with Crippen molar-refractivity contribution < 1.29 is 9.76 Å². The van der Waals surface area contributed by atoms with Crippen molar-refractivity contribution in [2.24, 2.45) is 0 Å². The molecule has 0 aliphatic heterocycles. The van der Waals surface area contributed by atoms with Crippen molar-refractivity contribution in [1.29, 1.82) is 5.26 Å². The molecule has 1 N–H and O–H groups in total. The summed E-state index contributed by atoms with van der Waals surface area (Å²) in [6, 6.07) is 32.3. The number of nitriles is 1. The third-order valence-electron chi connectivity index (χ3n) is 8.36. The van der Waals surface area contributed by atoms with Gasteiger partial charge in [-0.05, 0) is 84.3 Å². The molecule has 0 radical (unpaired) electrons. The topological polar surface area (TPSA) is 53.2 Å². The van der Waals surface area contributed by atoms with Gasteiger partial charge in [0.2, 0.25) is 0 Å². The summed E-state index contributed by atoms with van der Waals surface area (Å²) in [7, 11) is 0.392. The van der Waals surface area contributed by atoms with E-state index < -0.39 is 16.6 Å². The van der Waals surface area contributed by atoms with Crippen molar-refractivity contribution in [2.75, 3.05) is 0 Å². The predicted molar refractivity (Wildman–Crippen MR) is 146 cm³/mol. The van der Waals surface area contributed by atoms with Gasteiger partial charge in [-0.25, -0.2) is 0 Å². The van der Waals surface area contributed by atoms with E-state index in [0.717, 1.165) is 11.0 Å². The number of hydrogen-bond acceptors (Lipinski definition) is 3. The molecule has 2 aliphatic rings. The Morgan fingerprint density at radius 3 is 1.83 bits per heavy atom. The Balaban J connectivity index is 1.61. The van der Waals surface area contributed by atoms with Gasteiger partial charge in [0.05, 0.1) is 28.2 Å². The number of nitrogens with zero attached hydrogens (tertiary/aromatic N) is 1. The standard InChI is InChI=1S/C32H28BNO2/c1-30(2,35)31(3,4)36-33-21-14-16-25-24-15-13-20(19-34)17-28(24)32(29(25)18-21)26-11-7-5-9-22(26)23-10-6-8-12-27(23)32/h5-18,33,35H,1-4H3. The third kappa shape index (κ3) is 3.00. The molecule has 0 atom stereocenters. The Hall–Kier alpha value is -3.65. The fourth-order valence-electron chi connectivity index (χ4n) is 5.79. The average Bonchev–Trinajstić information content (AvgIpc) is 3.33. The quantitative estimate of drug-likeness (QED) is 0.350. The van der Waals surface area contributed by atoms with Crippen molar-refractivity contribution >= 4 is 12.9 Å². The van der Waals surface area contributed by atoms with Gasteiger partial charge in [0.1, 0.15) is 0 Å². The zero-order valence-corrected chi connectivity index (χ0v) is 21.1. The van der Waals surface area contributed by atoms with Crippen molar-refractivity contribution in [1.82, 2.24) is 0 Å². The highest BCUT2D eigenvalue weighted by Gasteiger charge is 2.51. The largest absolute Gasteiger partial charge is 0.427 e. The first-order valence-corrected chi connectivity index (χ1v) is 12.4. The lowest BCUT2D eigenvalue weighted by Gasteiger charge is -2.37. The highest BCUT2D eigenvalue weighted by molar-refractivity contribution is 6.47. The summed E-state index contributed by atoms with van der Waals surface area (Å²) in [5.74, 6) is 0. The molecule has 0 unspecified atom stereocenters. The second kappa shape index (κ2) is 7.67. The Morgan fingerprint density at radius 1 is 0.722 bits per heavy atom. The average molecular weight is 469 g/mol. The molecule has 0 saturated heterocycles. The fraction of sp³-hybridized carbons (Fsp3) is 0.219. The predicted octanol–water partition coefficient (Wildman–Crippen LogP) is 5.44. The maximum atomic E-state index is 10.6. The molecule has 4 aromatic rings. The van der Waals surface area contributed by atoms with Crippen LogP contribution in [0.5, 0.6) is 0 Å². The summed E-state index contributed by atoms with van der Waals surface area (Å²) in [4.78, 5) is 0. The number of hydrogen-bond donors (Lipinski definition) is 1. The number of rotatable bonds is 4. The third-order valence-corrected chi connectivity index (χ3v) is 8.36. The molecule has 176 valence electrons. The first-order valence-electron chi connectivity index (χ1n) is 12.4. The van der Waals surface area contributed by atoms with E-state index in [1.807, 2.05) is 19.9 Å². The van der Waals surface area contributed by atoms with E-state index in [1.165, 1.54) is 38.9 Å². The molecule has 0 fully saturated rings. The zero-order valence-electron chi connectivity index (χ0n) is 21.1. The summed E-state index contributed by atoms with van der Waals surface area (Å²) >= 11 is 0. The van der Waals surface area contributed by atoms with Crippen LogP contribution in [-0.2, 0) is 10.1 Å². The number of aliphatic hydroxyl groups is 1. The molecule has 6 rings (SSSR count). The summed E-state index contributed by atoms with van der Waals surface area (Å²) in [5.41, 5.74) is 9.23. The highest BCUT2D eigenvalue weighted by atomic mass is 16.5. The Labute approximate surface area is 213 Å². The normalized spacial score (nSPS) is 14.6. The maximum Gasteiger partial charge on any atom is 0.309 e. The number of fused-ring (bicyclic) bond motifs is 10. The van der Waals surface area contributed by atoms with Crippen LogP contribution >= 0.6 is 0 Å². The van der Waals surface area contributed by atoms with E-state index in [9.17, 15) is 10.4 Å². The summed E-state index contributed by atoms with van der Waals surface area (Å²) in [6.45, 7) is 7.40. The Morgan fingerprint density at radius 2 is 1.25 bits per heavy atom. The molecule has 36 heavy (non-hydrogen) atoms. The van der Waals surface area contributed by atoms with Crippen LogP contribution in [0.3, 0.4) is 0 Å². The Bertz CT molecular complexity index is 1530. The minimum absolute atomic E-state index is 0.392. The minimum atomic E-state index is -0.974. The van der Waals surface area contributed by atoms with E-state index in [0.29, 0.717) is 13.0 Å². The van der Waals surface area contributed by atoms with Crippen LogP contribution in [0.2, 0.25) is 0 Å². The molecular weight excluding hydrogens is 441 g/mol. The molecule has 0 aromatic heterocycles. The first kappa shape index (κ1) is 22.8. The SMILES string of the molecule is CC(C)(O)C(C)(C)OBc1ccc2c(c1)C1(c3ccccc3-c3ccccc31)c1cc(C#N)ccc1-2. The molecule has 3 nitrogen and oxygen atoms in total. The smallest absolute Gasteiger partial charge is 0.309 e. The van der Waals surface area contributed by atoms with Gasteiger partial charge in [-0.2, -0.15) is 5.26 Å². The van der Waals surface area contributed by atoms with Crippen molar-refractivity contribution in [3.63, 3.8) is 0 Å². The molecular formula is C32H28BNO2. The molecule has 0 saturated carbocycles. The van der Waals surface area contributed by atoms with Crippen LogP contribution in [0, 0.1) is 11.3 Å². The minimum Gasteiger partial charge on any atom is -0.427 e. The molecule has 2 aliphatic carbocycles. The van der Waals surface area contributed by atoms with Crippen molar-refractivity contribution in [2.45, 2.75) is 44.3 Å². The second-order valence-corrected chi connectivity index (χ2v) is 11.0. The van der Waals surface area contributed by atoms with Gasteiger partial charge in [-0.1, -0.05) is 78.3 Å². The fourth-order valence-corrected chi connectivity index (χ4v) is 5.79. The Kier molecular flexibility index (Phi) is 4.86. The van der Waals surface area contributed by atoms with Crippen molar-refractivity contribution in [3.05, 3.63) is 113 Å². The molecule has 0 heterocycles. The lowest BCUT2D eigenvalue weighted by Crippen LogP contribution is -2.49. The number of benzene rings is 4. The monoisotopic (exact) mass is 469 g/mol. The summed E-state index contributed by atoms with van der Waals surface area (Å²) < 4.78 is 6.25. The van der Waals surface area contributed by atoms with Crippen molar-refractivity contribution in [3.8, 4) is 28.3 Å². The van der Waals surface area contributed by atoms with Gasteiger partial charge >= 0.3 is 7.48 Å². The summed E-state index contributed by atoms with van der Waals surface area (Å²) in [5, 5.41) is 20.4. The van der Waals surface area contributed by atoms with Gasteiger partial charge in [0.25, 0.3) is 0 Å².